The summed E-state index contributed by atoms with van der Waals surface area (Å²) in [6.07, 6.45) is 5.65. The van der Waals surface area contributed by atoms with Crippen LogP contribution in [0.1, 0.15) is 26.3 Å². The number of hydrogen-bond acceptors (Lipinski definition) is 6. The molecule has 0 spiro atoms. The van der Waals surface area contributed by atoms with E-state index in [2.05, 4.69) is 11.2 Å². The lowest BCUT2D eigenvalue weighted by atomic mass is 9.99. The fraction of sp³-hybridized carbons (Fsp3) is 0. The molecular formula is C28H19N3O6S. The number of carbonyl (C=O) groups excluding carboxylic acids is 2. The van der Waals surface area contributed by atoms with Gasteiger partial charge in [-0.3, -0.25) is 19.7 Å². The summed E-state index contributed by atoms with van der Waals surface area (Å²) < 4.78 is 28.0. The van der Waals surface area contributed by atoms with Crippen molar-refractivity contribution < 1.29 is 22.9 Å². The SMILES string of the molecule is C#Cc1cc(-c2ccccc2)ccc1C(=O)Nc1ccccc1S(=O)(=O)NC(=O)c1ccc([N+](=O)[O-])cc1. The summed E-state index contributed by atoms with van der Waals surface area (Å²) in [5.74, 6) is 0.864. The quantitative estimate of drug-likeness (QED) is 0.205. The van der Waals surface area contributed by atoms with E-state index in [0.717, 1.165) is 35.4 Å². The number of rotatable bonds is 7. The predicted octanol–water partition coefficient (Wildman–Crippen LogP) is 4.61. The Morgan fingerprint density at radius 1 is 0.816 bits per heavy atom. The van der Waals surface area contributed by atoms with Crippen molar-refractivity contribution in [1.82, 2.24) is 4.72 Å². The monoisotopic (exact) mass is 525 g/mol. The summed E-state index contributed by atoms with van der Waals surface area (Å²) in [7, 11) is -4.44. The summed E-state index contributed by atoms with van der Waals surface area (Å²) in [6, 6.07) is 24.4. The van der Waals surface area contributed by atoms with Crippen molar-refractivity contribution in [3.05, 3.63) is 124 Å². The number of nitrogens with zero attached hydrogens (tertiary/aromatic N) is 1. The lowest BCUT2D eigenvalue weighted by molar-refractivity contribution is -0.384. The predicted molar refractivity (Wildman–Crippen MR) is 142 cm³/mol. The molecule has 0 aliphatic rings. The Labute approximate surface area is 218 Å². The maximum atomic E-state index is 13.1. The van der Waals surface area contributed by atoms with Crippen LogP contribution in [0.2, 0.25) is 0 Å². The van der Waals surface area contributed by atoms with E-state index in [0.29, 0.717) is 5.56 Å². The van der Waals surface area contributed by atoms with Gasteiger partial charge in [-0.25, -0.2) is 13.1 Å². The molecule has 4 rings (SSSR count). The number of benzene rings is 4. The fourth-order valence-electron chi connectivity index (χ4n) is 3.64. The average Bonchev–Trinajstić information content (AvgIpc) is 2.93. The number of nitro groups is 1. The highest BCUT2D eigenvalue weighted by Gasteiger charge is 2.24. The van der Waals surface area contributed by atoms with Crippen LogP contribution in [0.5, 0.6) is 0 Å². The second kappa shape index (κ2) is 10.8. The van der Waals surface area contributed by atoms with Crippen LogP contribution in [0.3, 0.4) is 0 Å². The van der Waals surface area contributed by atoms with Gasteiger partial charge in [0.05, 0.1) is 16.2 Å². The zero-order chi connectivity index (χ0) is 27.3. The molecule has 2 amide bonds. The zero-order valence-electron chi connectivity index (χ0n) is 19.6. The number of terminal acetylenes is 1. The fourth-order valence-corrected chi connectivity index (χ4v) is 4.77. The van der Waals surface area contributed by atoms with Crippen molar-refractivity contribution >= 4 is 33.2 Å². The van der Waals surface area contributed by atoms with E-state index < -0.39 is 26.8 Å². The van der Waals surface area contributed by atoms with Crippen molar-refractivity contribution in [1.29, 1.82) is 0 Å². The molecule has 38 heavy (non-hydrogen) atoms. The van der Waals surface area contributed by atoms with Gasteiger partial charge in [0.25, 0.3) is 27.5 Å². The van der Waals surface area contributed by atoms with Crippen molar-refractivity contribution in [3.8, 4) is 23.5 Å². The summed E-state index contributed by atoms with van der Waals surface area (Å²) in [4.78, 5) is 35.5. The van der Waals surface area contributed by atoms with Gasteiger partial charge in [0.15, 0.2) is 0 Å². The van der Waals surface area contributed by atoms with Crippen LogP contribution in [0.15, 0.2) is 102 Å². The van der Waals surface area contributed by atoms with E-state index in [4.69, 9.17) is 6.42 Å². The normalized spacial score (nSPS) is 10.7. The molecule has 0 bridgehead atoms. The van der Waals surface area contributed by atoms with Gasteiger partial charge in [0, 0.05) is 23.3 Å². The van der Waals surface area contributed by atoms with Crippen LogP contribution in [0.4, 0.5) is 11.4 Å². The third-order valence-corrected chi connectivity index (χ3v) is 6.91. The Bertz CT molecular complexity index is 1690. The molecule has 10 heteroatoms. The van der Waals surface area contributed by atoms with Crippen LogP contribution < -0.4 is 10.0 Å². The number of anilines is 1. The molecule has 0 radical (unpaired) electrons. The maximum absolute atomic E-state index is 13.1. The minimum atomic E-state index is -4.44. The lowest BCUT2D eigenvalue weighted by Gasteiger charge is -2.14. The molecule has 9 nitrogen and oxygen atoms in total. The number of nitrogens with one attached hydrogen (secondary N) is 2. The Hall–Kier alpha value is -5.27. The number of sulfonamides is 1. The first kappa shape index (κ1) is 25.8. The van der Waals surface area contributed by atoms with E-state index in [1.165, 1.54) is 24.3 Å². The van der Waals surface area contributed by atoms with Gasteiger partial charge in [-0.05, 0) is 47.5 Å². The number of hydrogen-bond donors (Lipinski definition) is 2. The second-order valence-corrected chi connectivity index (χ2v) is 9.61. The van der Waals surface area contributed by atoms with E-state index in [1.807, 2.05) is 35.1 Å². The molecule has 0 aliphatic carbocycles. The van der Waals surface area contributed by atoms with Gasteiger partial charge in [0.2, 0.25) is 0 Å². The van der Waals surface area contributed by atoms with Gasteiger partial charge in [0.1, 0.15) is 4.90 Å². The van der Waals surface area contributed by atoms with Crippen LogP contribution in [0, 0.1) is 22.5 Å². The largest absolute Gasteiger partial charge is 0.321 e. The number of carbonyl (C=O) groups is 2. The second-order valence-electron chi connectivity index (χ2n) is 7.96. The molecule has 0 saturated carbocycles. The molecule has 0 atom stereocenters. The van der Waals surface area contributed by atoms with E-state index in [-0.39, 0.29) is 27.4 Å². The molecule has 4 aromatic carbocycles. The molecule has 0 heterocycles. The highest BCUT2D eigenvalue weighted by atomic mass is 32.2. The number of para-hydroxylation sites is 1. The first-order chi connectivity index (χ1) is 18.2. The maximum Gasteiger partial charge on any atom is 0.269 e. The van der Waals surface area contributed by atoms with Crippen LogP contribution in [-0.2, 0) is 10.0 Å². The van der Waals surface area contributed by atoms with Gasteiger partial charge in [-0.1, -0.05) is 54.5 Å². The van der Waals surface area contributed by atoms with Crippen molar-refractivity contribution in [2.75, 3.05) is 5.32 Å². The molecule has 4 aromatic rings. The minimum absolute atomic E-state index is 0.0726. The topological polar surface area (TPSA) is 135 Å². The Kier molecular flexibility index (Phi) is 7.32. The van der Waals surface area contributed by atoms with E-state index >= 15 is 0 Å². The van der Waals surface area contributed by atoms with Crippen molar-refractivity contribution in [3.63, 3.8) is 0 Å². The Balaban J connectivity index is 1.58. The first-order valence-electron chi connectivity index (χ1n) is 11.1. The van der Waals surface area contributed by atoms with Crippen molar-refractivity contribution in [2.45, 2.75) is 4.90 Å². The lowest BCUT2D eigenvalue weighted by Crippen LogP contribution is -2.31. The summed E-state index contributed by atoms with van der Waals surface area (Å²) in [5.41, 5.74) is 1.78. The zero-order valence-corrected chi connectivity index (χ0v) is 20.4. The van der Waals surface area contributed by atoms with Crippen LogP contribution >= 0.6 is 0 Å². The molecule has 0 aromatic heterocycles. The first-order valence-corrected chi connectivity index (χ1v) is 12.6. The number of non-ortho nitro benzene ring substituents is 1. The number of nitro benzene ring substituents is 1. The summed E-state index contributed by atoms with van der Waals surface area (Å²) in [5, 5.41) is 13.4. The van der Waals surface area contributed by atoms with Crippen molar-refractivity contribution in [2.24, 2.45) is 0 Å². The molecular weight excluding hydrogens is 506 g/mol. The summed E-state index contributed by atoms with van der Waals surface area (Å²) >= 11 is 0. The molecule has 0 fully saturated rings. The van der Waals surface area contributed by atoms with Gasteiger partial charge in [-0.15, -0.1) is 6.42 Å². The Morgan fingerprint density at radius 2 is 1.47 bits per heavy atom. The molecule has 188 valence electrons. The molecule has 0 unspecified atom stereocenters. The van der Waals surface area contributed by atoms with Gasteiger partial charge >= 0.3 is 0 Å². The van der Waals surface area contributed by atoms with E-state index in [9.17, 15) is 28.1 Å². The van der Waals surface area contributed by atoms with Gasteiger partial charge in [-0.2, -0.15) is 0 Å². The minimum Gasteiger partial charge on any atom is -0.321 e. The average molecular weight is 526 g/mol. The standard InChI is InChI=1S/C28H19N3O6S/c1-2-19-18-22(20-8-4-3-5-9-20)14-17-24(19)28(33)29-25-10-6-7-11-26(25)38(36,37)30-27(32)21-12-15-23(16-13-21)31(34)35/h1,3-18H,(H,29,33)(H,30,32). The van der Waals surface area contributed by atoms with Crippen LogP contribution in [-0.4, -0.2) is 25.2 Å². The molecule has 2 N–H and O–H groups in total. The molecule has 0 aliphatic heterocycles. The molecule has 0 saturated heterocycles. The highest BCUT2D eigenvalue weighted by Crippen LogP contribution is 2.25. The highest BCUT2D eigenvalue weighted by molar-refractivity contribution is 7.90. The number of amides is 2. The Morgan fingerprint density at radius 3 is 2.13 bits per heavy atom. The smallest absolute Gasteiger partial charge is 0.269 e. The van der Waals surface area contributed by atoms with E-state index in [1.54, 1.807) is 18.2 Å². The van der Waals surface area contributed by atoms with Gasteiger partial charge < -0.3 is 5.32 Å². The summed E-state index contributed by atoms with van der Waals surface area (Å²) in [6.45, 7) is 0. The van der Waals surface area contributed by atoms with Crippen LogP contribution in [0.25, 0.3) is 11.1 Å². The third-order valence-electron chi connectivity index (χ3n) is 5.52. The third kappa shape index (κ3) is 5.59.